The summed E-state index contributed by atoms with van der Waals surface area (Å²) in [7, 11) is 0. The van der Waals surface area contributed by atoms with Crippen LogP contribution in [0.2, 0.25) is 0 Å². The number of halogens is 1. The molecule has 0 fully saturated rings. The van der Waals surface area contributed by atoms with Crippen LogP contribution in [0.1, 0.15) is 25.3 Å². The molecule has 0 bridgehead atoms. The Labute approximate surface area is 111 Å². The van der Waals surface area contributed by atoms with Gasteiger partial charge in [-0.15, -0.1) is 0 Å². The minimum atomic E-state index is 0.350. The summed E-state index contributed by atoms with van der Waals surface area (Å²) in [6.45, 7) is 2.53. The minimum absolute atomic E-state index is 0.350. The Hall–Kier alpha value is -0.960. The average Bonchev–Trinajstić information content (AvgIpc) is 2.76. The maximum Gasteiger partial charge on any atom is 0.231 e. The molecule has 1 aromatic carbocycles. The van der Waals surface area contributed by atoms with Gasteiger partial charge in [0.15, 0.2) is 11.5 Å². The lowest BCUT2D eigenvalue weighted by molar-refractivity contribution is 0.174. The molecule has 3 heteroatoms. The standard InChI is InChI=1S/C14H17BrO2/c1-11(7-8-15)3-2-4-12-5-6-13-14(9-12)17-10-16-13/h3,5-6,9H,2,4,7-8,10H2,1H3. The van der Waals surface area contributed by atoms with E-state index in [0.29, 0.717) is 6.79 Å². The SMILES string of the molecule is CC(=CCCc1ccc2c(c1)OCO2)CCBr. The molecule has 2 nitrogen and oxygen atoms in total. The number of allylic oxidation sites excluding steroid dienone is 2. The smallest absolute Gasteiger partial charge is 0.231 e. The molecule has 0 atom stereocenters. The van der Waals surface area contributed by atoms with Crippen LogP contribution in [0.15, 0.2) is 29.8 Å². The normalized spacial score (nSPS) is 14.1. The van der Waals surface area contributed by atoms with Crippen molar-refractivity contribution in [1.82, 2.24) is 0 Å². The van der Waals surface area contributed by atoms with Gasteiger partial charge < -0.3 is 9.47 Å². The van der Waals surface area contributed by atoms with E-state index in [1.807, 2.05) is 6.07 Å². The summed E-state index contributed by atoms with van der Waals surface area (Å²) < 4.78 is 10.6. The Morgan fingerprint density at radius 2 is 2.18 bits per heavy atom. The van der Waals surface area contributed by atoms with Gasteiger partial charge in [0.25, 0.3) is 0 Å². The quantitative estimate of drug-likeness (QED) is 0.602. The van der Waals surface area contributed by atoms with Gasteiger partial charge >= 0.3 is 0 Å². The zero-order valence-electron chi connectivity index (χ0n) is 10.0. The molecule has 17 heavy (non-hydrogen) atoms. The summed E-state index contributed by atoms with van der Waals surface area (Å²) in [5, 5.41) is 1.04. The third-order valence-corrected chi connectivity index (χ3v) is 3.25. The zero-order chi connectivity index (χ0) is 12.1. The van der Waals surface area contributed by atoms with E-state index in [1.54, 1.807) is 0 Å². The number of alkyl halides is 1. The van der Waals surface area contributed by atoms with E-state index in [-0.39, 0.29) is 0 Å². The summed E-state index contributed by atoms with van der Waals surface area (Å²) in [5.74, 6) is 1.74. The highest BCUT2D eigenvalue weighted by molar-refractivity contribution is 9.09. The van der Waals surface area contributed by atoms with Crippen molar-refractivity contribution in [3.63, 3.8) is 0 Å². The molecule has 0 N–H and O–H groups in total. The lowest BCUT2D eigenvalue weighted by Crippen LogP contribution is -1.92. The molecular weight excluding hydrogens is 280 g/mol. The van der Waals surface area contributed by atoms with Gasteiger partial charge in [-0.25, -0.2) is 0 Å². The summed E-state index contributed by atoms with van der Waals surface area (Å²) in [6, 6.07) is 6.18. The van der Waals surface area contributed by atoms with Crippen LogP contribution in [0.4, 0.5) is 0 Å². The fourth-order valence-corrected chi connectivity index (χ4v) is 2.46. The molecule has 0 saturated carbocycles. The predicted octanol–water partition coefficient (Wildman–Crippen LogP) is 4.08. The molecule has 92 valence electrons. The number of ether oxygens (including phenoxy) is 2. The van der Waals surface area contributed by atoms with Gasteiger partial charge in [0.1, 0.15) is 0 Å². The van der Waals surface area contributed by atoms with Gasteiger partial charge in [0.05, 0.1) is 0 Å². The van der Waals surface area contributed by atoms with E-state index in [1.165, 1.54) is 11.1 Å². The van der Waals surface area contributed by atoms with Crippen LogP contribution in [0, 0.1) is 0 Å². The highest BCUT2D eigenvalue weighted by Crippen LogP contribution is 2.32. The van der Waals surface area contributed by atoms with Crippen LogP contribution in [0.5, 0.6) is 11.5 Å². The largest absolute Gasteiger partial charge is 0.454 e. The van der Waals surface area contributed by atoms with Crippen molar-refractivity contribution in [2.75, 3.05) is 12.1 Å². The zero-order valence-corrected chi connectivity index (χ0v) is 11.6. The highest BCUT2D eigenvalue weighted by Gasteiger charge is 2.12. The van der Waals surface area contributed by atoms with E-state index >= 15 is 0 Å². The molecule has 1 aliphatic rings. The van der Waals surface area contributed by atoms with Gasteiger partial charge in [-0.3, -0.25) is 0 Å². The molecule has 0 spiro atoms. The first-order chi connectivity index (χ1) is 8.29. The van der Waals surface area contributed by atoms with E-state index < -0.39 is 0 Å². The van der Waals surface area contributed by atoms with Crippen LogP contribution in [0.25, 0.3) is 0 Å². The fraction of sp³-hybridized carbons (Fsp3) is 0.429. The lowest BCUT2D eigenvalue weighted by Gasteiger charge is -2.02. The van der Waals surface area contributed by atoms with Gasteiger partial charge in [0.2, 0.25) is 6.79 Å². The summed E-state index contributed by atoms with van der Waals surface area (Å²) in [4.78, 5) is 0. The Morgan fingerprint density at radius 3 is 3.00 bits per heavy atom. The van der Waals surface area contributed by atoms with Crippen molar-refractivity contribution < 1.29 is 9.47 Å². The first kappa shape index (κ1) is 12.5. The number of hydrogen-bond acceptors (Lipinski definition) is 2. The van der Waals surface area contributed by atoms with E-state index in [2.05, 4.69) is 41.1 Å². The molecular formula is C14H17BrO2. The van der Waals surface area contributed by atoms with Crippen molar-refractivity contribution in [3.05, 3.63) is 35.4 Å². The maximum atomic E-state index is 5.36. The molecule has 1 aromatic rings. The third-order valence-electron chi connectivity index (χ3n) is 2.85. The Balaban J connectivity index is 1.89. The molecule has 2 rings (SSSR count). The van der Waals surface area contributed by atoms with Gasteiger partial charge in [-0.2, -0.15) is 0 Å². The van der Waals surface area contributed by atoms with Crippen molar-refractivity contribution in [3.8, 4) is 11.5 Å². The Morgan fingerprint density at radius 1 is 1.35 bits per heavy atom. The summed E-state index contributed by atoms with van der Waals surface area (Å²) >= 11 is 3.45. The molecule has 0 unspecified atom stereocenters. The molecule has 1 heterocycles. The van der Waals surface area contributed by atoms with Crippen molar-refractivity contribution in [2.45, 2.75) is 26.2 Å². The Kier molecular flexibility index (Phi) is 4.49. The molecule has 0 aliphatic carbocycles. The van der Waals surface area contributed by atoms with Gasteiger partial charge in [-0.05, 0) is 43.9 Å². The van der Waals surface area contributed by atoms with Crippen LogP contribution in [-0.4, -0.2) is 12.1 Å². The van der Waals surface area contributed by atoms with Gasteiger partial charge in [0, 0.05) is 5.33 Å². The van der Waals surface area contributed by atoms with Crippen LogP contribution in [0.3, 0.4) is 0 Å². The summed E-state index contributed by atoms with van der Waals surface area (Å²) in [6.07, 6.45) is 5.57. The maximum absolute atomic E-state index is 5.36. The second-order valence-electron chi connectivity index (χ2n) is 4.22. The number of hydrogen-bond donors (Lipinski definition) is 0. The molecule has 0 saturated heterocycles. The number of rotatable bonds is 5. The monoisotopic (exact) mass is 296 g/mol. The van der Waals surface area contributed by atoms with E-state index in [0.717, 1.165) is 36.1 Å². The van der Waals surface area contributed by atoms with Crippen LogP contribution < -0.4 is 9.47 Å². The highest BCUT2D eigenvalue weighted by atomic mass is 79.9. The lowest BCUT2D eigenvalue weighted by atomic mass is 10.1. The molecule has 0 aromatic heterocycles. The second kappa shape index (κ2) is 6.10. The van der Waals surface area contributed by atoms with Crippen molar-refractivity contribution in [2.24, 2.45) is 0 Å². The fourth-order valence-electron chi connectivity index (χ4n) is 1.83. The number of fused-ring (bicyclic) bond motifs is 1. The molecule has 0 amide bonds. The van der Waals surface area contributed by atoms with Crippen molar-refractivity contribution in [1.29, 1.82) is 0 Å². The first-order valence-electron chi connectivity index (χ1n) is 5.89. The van der Waals surface area contributed by atoms with Gasteiger partial charge in [-0.1, -0.05) is 33.6 Å². The van der Waals surface area contributed by atoms with E-state index in [9.17, 15) is 0 Å². The van der Waals surface area contributed by atoms with E-state index in [4.69, 9.17) is 9.47 Å². The second-order valence-corrected chi connectivity index (χ2v) is 5.01. The predicted molar refractivity (Wildman–Crippen MR) is 73.1 cm³/mol. The summed E-state index contributed by atoms with van der Waals surface area (Å²) in [5.41, 5.74) is 2.75. The average molecular weight is 297 g/mol. The molecule has 0 radical (unpaired) electrons. The van der Waals surface area contributed by atoms with Crippen LogP contribution >= 0.6 is 15.9 Å². The number of aryl methyl sites for hydroxylation is 1. The minimum Gasteiger partial charge on any atom is -0.454 e. The number of benzene rings is 1. The third kappa shape index (κ3) is 3.50. The van der Waals surface area contributed by atoms with Crippen molar-refractivity contribution >= 4 is 15.9 Å². The Bertz CT molecular complexity index is 413. The van der Waals surface area contributed by atoms with Crippen LogP contribution in [-0.2, 0) is 6.42 Å². The first-order valence-corrected chi connectivity index (χ1v) is 7.02. The molecule has 1 aliphatic heterocycles. The topological polar surface area (TPSA) is 18.5 Å².